The third kappa shape index (κ3) is 7.28. The first-order valence-electron chi connectivity index (χ1n) is 16.6. The van der Waals surface area contributed by atoms with Gasteiger partial charge in [-0.15, -0.1) is 0 Å². The van der Waals surface area contributed by atoms with Crippen LogP contribution in [0.2, 0.25) is 0 Å². The predicted molar refractivity (Wildman–Crippen MR) is 184 cm³/mol. The summed E-state index contributed by atoms with van der Waals surface area (Å²) in [6.45, 7) is 25.7. The van der Waals surface area contributed by atoms with E-state index >= 15 is 0 Å². The summed E-state index contributed by atoms with van der Waals surface area (Å²) >= 11 is 0. The zero-order chi connectivity index (χ0) is 32.8. The number of anilines is 1. The molecule has 1 atom stereocenters. The Morgan fingerprint density at radius 1 is 0.956 bits per heavy atom. The van der Waals surface area contributed by atoms with E-state index in [4.69, 9.17) is 9.72 Å². The van der Waals surface area contributed by atoms with E-state index in [9.17, 15) is 9.90 Å². The normalized spacial score (nSPS) is 17.7. The third-order valence-electron chi connectivity index (χ3n) is 9.78. The van der Waals surface area contributed by atoms with Gasteiger partial charge in [-0.3, -0.25) is 9.88 Å². The Balaban J connectivity index is 1.56. The van der Waals surface area contributed by atoms with Gasteiger partial charge in [0.1, 0.15) is 0 Å². The predicted octanol–water partition coefficient (Wildman–Crippen LogP) is 8.42. The molecule has 0 radical (unpaired) electrons. The van der Waals surface area contributed by atoms with Gasteiger partial charge >= 0.3 is 5.97 Å². The van der Waals surface area contributed by atoms with Gasteiger partial charge in [-0.1, -0.05) is 49.7 Å². The highest BCUT2D eigenvalue weighted by Crippen LogP contribution is 2.45. The van der Waals surface area contributed by atoms with E-state index in [-0.39, 0.29) is 5.41 Å². The molecule has 3 heterocycles. The van der Waals surface area contributed by atoms with Crippen molar-refractivity contribution in [2.75, 3.05) is 24.5 Å². The number of hydrogen-bond acceptors (Lipinski definition) is 5. The van der Waals surface area contributed by atoms with Gasteiger partial charge in [0.15, 0.2) is 6.10 Å². The highest BCUT2D eigenvalue weighted by atomic mass is 16.5. The van der Waals surface area contributed by atoms with Crippen LogP contribution in [0.15, 0.2) is 30.3 Å². The lowest BCUT2D eigenvalue weighted by atomic mass is 9.81. The maximum absolute atomic E-state index is 12.8. The van der Waals surface area contributed by atoms with Gasteiger partial charge in [0.2, 0.25) is 0 Å². The minimum absolute atomic E-state index is 0.259. The molecule has 0 amide bonds. The molecule has 0 unspecified atom stereocenters. The van der Waals surface area contributed by atoms with Crippen molar-refractivity contribution >= 4 is 11.7 Å². The van der Waals surface area contributed by atoms with Crippen molar-refractivity contribution in [3.63, 3.8) is 0 Å². The summed E-state index contributed by atoms with van der Waals surface area (Å²) in [7, 11) is 0. The number of carboxylic acid groups (broad SMARTS) is 1. The van der Waals surface area contributed by atoms with E-state index in [0.717, 1.165) is 80.2 Å². The second kappa shape index (κ2) is 12.5. The van der Waals surface area contributed by atoms with E-state index < -0.39 is 17.7 Å². The molecule has 0 saturated carbocycles. The highest BCUT2D eigenvalue weighted by Gasteiger charge is 2.36. The maximum Gasteiger partial charge on any atom is 0.337 e. The molecule has 1 fully saturated rings. The molecule has 5 rings (SSSR count). The summed E-state index contributed by atoms with van der Waals surface area (Å²) < 4.78 is 6.27. The number of benzene rings is 2. The van der Waals surface area contributed by atoms with E-state index in [1.165, 1.54) is 33.4 Å². The number of piperidine rings is 1. The number of carboxylic acids is 1. The number of aryl methyl sites for hydroxylation is 5. The minimum Gasteiger partial charge on any atom is -0.479 e. The molecule has 0 spiro atoms. The van der Waals surface area contributed by atoms with Crippen LogP contribution >= 0.6 is 0 Å². The van der Waals surface area contributed by atoms with Crippen LogP contribution in [0.4, 0.5) is 5.69 Å². The summed E-state index contributed by atoms with van der Waals surface area (Å²) in [5.74, 6) is -0.979. The van der Waals surface area contributed by atoms with Gasteiger partial charge < -0.3 is 14.7 Å². The van der Waals surface area contributed by atoms with Crippen molar-refractivity contribution in [2.24, 2.45) is 5.41 Å². The highest BCUT2D eigenvalue weighted by molar-refractivity contribution is 5.88. The van der Waals surface area contributed by atoms with Gasteiger partial charge in [-0.05, 0) is 113 Å². The van der Waals surface area contributed by atoms with Crippen LogP contribution in [-0.2, 0) is 29.0 Å². The summed E-state index contributed by atoms with van der Waals surface area (Å²) in [6, 6.07) is 11.4. The molecular formula is C39H53N3O3. The summed E-state index contributed by atoms with van der Waals surface area (Å²) in [6.07, 6.45) is 1.96. The number of pyridine rings is 1. The molecule has 242 valence electrons. The zero-order valence-corrected chi connectivity index (χ0v) is 29.2. The quantitative estimate of drug-likeness (QED) is 0.289. The zero-order valence-electron chi connectivity index (χ0n) is 29.2. The second-order valence-electron chi connectivity index (χ2n) is 15.3. The number of aromatic nitrogens is 1. The Labute approximate surface area is 270 Å². The van der Waals surface area contributed by atoms with E-state index in [1.54, 1.807) is 0 Å². The molecule has 1 N–H and O–H groups in total. The molecule has 1 saturated heterocycles. The van der Waals surface area contributed by atoms with Crippen molar-refractivity contribution in [1.82, 2.24) is 9.88 Å². The SMILES string of the molecule is Cc1cc(C)c(CN2CCc3cc(-c4c(C)nc(C)c([C@H](OC(C)(C)C)C(=O)O)c4N4CCC(C)(C)CC4)ccc3C2)c(C)c1. The fourth-order valence-electron chi connectivity index (χ4n) is 7.34. The first-order chi connectivity index (χ1) is 21.0. The molecule has 3 aromatic rings. The van der Waals surface area contributed by atoms with Crippen LogP contribution in [0.5, 0.6) is 0 Å². The summed E-state index contributed by atoms with van der Waals surface area (Å²) in [4.78, 5) is 22.8. The van der Waals surface area contributed by atoms with Gasteiger partial charge in [-0.2, -0.15) is 0 Å². The molecule has 45 heavy (non-hydrogen) atoms. The van der Waals surface area contributed by atoms with Crippen LogP contribution in [0.3, 0.4) is 0 Å². The number of ether oxygens (including phenoxy) is 1. The Bertz CT molecular complexity index is 1570. The van der Waals surface area contributed by atoms with Crippen LogP contribution in [0.25, 0.3) is 11.1 Å². The lowest BCUT2D eigenvalue weighted by molar-refractivity contribution is -0.160. The van der Waals surface area contributed by atoms with Crippen molar-refractivity contribution in [1.29, 1.82) is 0 Å². The Hall–Kier alpha value is -3.22. The number of nitrogens with zero attached hydrogens (tertiary/aromatic N) is 3. The Kier molecular flexibility index (Phi) is 9.23. The number of fused-ring (bicyclic) bond motifs is 1. The monoisotopic (exact) mass is 611 g/mol. The maximum atomic E-state index is 12.8. The molecule has 2 aliphatic heterocycles. The Morgan fingerprint density at radius 2 is 1.60 bits per heavy atom. The fourth-order valence-corrected chi connectivity index (χ4v) is 7.34. The standard InChI is InChI=1S/C39H53N3O3/c1-24-19-25(2)32(26(3)20-24)23-41-16-13-29-21-30(11-12-31(29)22-41)33-27(4)40-28(5)34(36(37(43)44)45-38(6,7)8)35(33)42-17-14-39(9,10)15-18-42/h11-12,19-21,36H,13-18,22-23H2,1-10H3,(H,43,44)/t36-/m0/s1. The van der Waals surface area contributed by atoms with E-state index in [1.807, 2.05) is 27.7 Å². The van der Waals surface area contributed by atoms with Crippen molar-refractivity contribution in [2.45, 2.75) is 113 Å². The first kappa shape index (κ1) is 33.2. The first-order valence-corrected chi connectivity index (χ1v) is 16.6. The van der Waals surface area contributed by atoms with Crippen molar-refractivity contribution in [3.8, 4) is 11.1 Å². The number of aliphatic carboxylic acids is 1. The number of carbonyl (C=O) groups is 1. The fraction of sp³-hybridized carbons (Fsp3) is 0.538. The smallest absolute Gasteiger partial charge is 0.337 e. The number of rotatable bonds is 7. The van der Waals surface area contributed by atoms with Gasteiger partial charge in [0.25, 0.3) is 0 Å². The van der Waals surface area contributed by atoms with Gasteiger partial charge in [-0.25, -0.2) is 4.79 Å². The lowest BCUT2D eigenvalue weighted by Gasteiger charge is -2.41. The molecular weight excluding hydrogens is 558 g/mol. The summed E-state index contributed by atoms with van der Waals surface area (Å²) in [5.41, 5.74) is 13.3. The lowest BCUT2D eigenvalue weighted by Crippen LogP contribution is -2.39. The van der Waals surface area contributed by atoms with E-state index in [2.05, 4.69) is 81.7 Å². The van der Waals surface area contributed by atoms with Crippen LogP contribution < -0.4 is 4.90 Å². The van der Waals surface area contributed by atoms with Gasteiger partial charge in [0.05, 0.1) is 11.3 Å². The molecule has 0 aliphatic carbocycles. The summed E-state index contributed by atoms with van der Waals surface area (Å²) in [5, 5.41) is 10.5. The van der Waals surface area contributed by atoms with Crippen LogP contribution in [0, 0.1) is 40.0 Å². The molecule has 6 heteroatoms. The minimum atomic E-state index is -1.11. The van der Waals surface area contributed by atoms with Crippen molar-refractivity contribution in [3.05, 3.63) is 80.7 Å². The van der Waals surface area contributed by atoms with Crippen LogP contribution in [0.1, 0.15) is 104 Å². The Morgan fingerprint density at radius 3 is 2.20 bits per heavy atom. The van der Waals surface area contributed by atoms with Gasteiger partial charge in [0, 0.05) is 55.2 Å². The topological polar surface area (TPSA) is 65.9 Å². The van der Waals surface area contributed by atoms with E-state index in [0.29, 0.717) is 5.56 Å². The molecule has 6 nitrogen and oxygen atoms in total. The number of hydrogen-bond donors (Lipinski definition) is 1. The van der Waals surface area contributed by atoms with Crippen LogP contribution in [-0.4, -0.2) is 46.2 Å². The average Bonchev–Trinajstić information content (AvgIpc) is 2.93. The average molecular weight is 612 g/mol. The molecule has 2 aliphatic rings. The largest absolute Gasteiger partial charge is 0.479 e. The second-order valence-corrected chi connectivity index (χ2v) is 15.3. The molecule has 0 bridgehead atoms. The third-order valence-corrected chi connectivity index (χ3v) is 9.78. The van der Waals surface area contributed by atoms with Crippen molar-refractivity contribution < 1.29 is 14.6 Å². The molecule has 1 aromatic heterocycles. The molecule has 2 aromatic carbocycles.